The van der Waals surface area contributed by atoms with Gasteiger partial charge in [0.25, 0.3) is 0 Å². The van der Waals surface area contributed by atoms with Crippen LogP contribution in [0.2, 0.25) is 0 Å². The van der Waals surface area contributed by atoms with Gasteiger partial charge in [0.05, 0.1) is 5.92 Å². The number of aliphatic carboxylic acids is 1. The minimum absolute atomic E-state index is 0.165. The Labute approximate surface area is 97.3 Å². The van der Waals surface area contributed by atoms with Gasteiger partial charge in [-0.3, -0.25) is 4.79 Å². The number of unbranched alkanes of at least 4 members (excludes halogenated alkanes) is 2. The molecule has 1 unspecified atom stereocenters. The van der Waals surface area contributed by atoms with Crippen molar-refractivity contribution in [2.75, 3.05) is 11.5 Å². The minimum atomic E-state index is -0.655. The summed E-state index contributed by atoms with van der Waals surface area (Å²) in [5.74, 6) is 0.856. The van der Waals surface area contributed by atoms with E-state index in [1.807, 2.05) is 0 Å². The van der Waals surface area contributed by atoms with Gasteiger partial charge in [-0.2, -0.15) is 25.3 Å². The summed E-state index contributed by atoms with van der Waals surface area (Å²) in [4.78, 5) is 10.8. The number of carboxylic acids is 1. The van der Waals surface area contributed by atoms with E-state index in [9.17, 15) is 4.79 Å². The van der Waals surface area contributed by atoms with Gasteiger partial charge in [-0.05, 0) is 37.2 Å². The number of hydrogen-bond acceptors (Lipinski definition) is 3. The lowest BCUT2D eigenvalue weighted by atomic mass is 9.97. The first-order chi connectivity index (χ1) is 6.72. The zero-order valence-corrected chi connectivity index (χ0v) is 10.3. The first-order valence-electron chi connectivity index (χ1n) is 5.17. The highest BCUT2D eigenvalue weighted by Crippen LogP contribution is 2.16. The average Bonchev–Trinajstić information content (AvgIpc) is 2.16. The van der Waals surface area contributed by atoms with Crippen LogP contribution in [0.3, 0.4) is 0 Å². The summed E-state index contributed by atoms with van der Waals surface area (Å²) in [5.41, 5.74) is 0. The van der Waals surface area contributed by atoms with Crippen molar-refractivity contribution in [1.82, 2.24) is 0 Å². The molecule has 14 heavy (non-hydrogen) atoms. The molecule has 0 heterocycles. The topological polar surface area (TPSA) is 37.3 Å². The van der Waals surface area contributed by atoms with Crippen molar-refractivity contribution in [2.45, 2.75) is 38.5 Å². The molecule has 0 aromatic carbocycles. The third-order valence-electron chi connectivity index (χ3n) is 2.27. The van der Waals surface area contributed by atoms with E-state index in [0.717, 1.165) is 50.0 Å². The number of thiol groups is 2. The molecule has 0 spiro atoms. The highest BCUT2D eigenvalue weighted by atomic mass is 32.1. The maximum Gasteiger partial charge on any atom is 0.306 e. The molecule has 1 atom stereocenters. The van der Waals surface area contributed by atoms with Crippen molar-refractivity contribution in [3.05, 3.63) is 0 Å². The maximum atomic E-state index is 10.8. The zero-order chi connectivity index (χ0) is 10.8. The molecule has 0 aromatic rings. The van der Waals surface area contributed by atoms with Crippen LogP contribution in [-0.4, -0.2) is 22.6 Å². The molecule has 0 aliphatic heterocycles. The number of rotatable bonds is 9. The molecule has 0 fully saturated rings. The lowest BCUT2D eigenvalue weighted by molar-refractivity contribution is -0.142. The molecule has 4 heteroatoms. The standard InChI is InChI=1S/C10H20O2S2/c11-10(12)9(6-4-8-14)5-2-1-3-7-13/h9,13-14H,1-8H2,(H,11,12). The summed E-state index contributed by atoms with van der Waals surface area (Å²) in [6.07, 6.45) is 5.64. The van der Waals surface area contributed by atoms with Gasteiger partial charge in [0.2, 0.25) is 0 Å². The van der Waals surface area contributed by atoms with Gasteiger partial charge in [-0.1, -0.05) is 12.8 Å². The number of carbonyl (C=O) groups is 1. The Balaban J connectivity index is 3.57. The third kappa shape index (κ3) is 7.56. The first-order valence-corrected chi connectivity index (χ1v) is 6.43. The van der Waals surface area contributed by atoms with Crippen molar-refractivity contribution in [3.63, 3.8) is 0 Å². The molecule has 2 nitrogen and oxygen atoms in total. The quantitative estimate of drug-likeness (QED) is 0.425. The lowest BCUT2D eigenvalue weighted by Crippen LogP contribution is -2.13. The Morgan fingerprint density at radius 3 is 2.07 bits per heavy atom. The van der Waals surface area contributed by atoms with E-state index in [1.54, 1.807) is 0 Å². The fourth-order valence-electron chi connectivity index (χ4n) is 1.41. The second kappa shape index (κ2) is 9.71. The largest absolute Gasteiger partial charge is 0.481 e. The molecule has 0 aromatic heterocycles. The Bertz CT molecular complexity index is 151. The van der Waals surface area contributed by atoms with Crippen LogP contribution in [0.25, 0.3) is 0 Å². The average molecular weight is 236 g/mol. The summed E-state index contributed by atoms with van der Waals surface area (Å²) in [7, 11) is 0. The van der Waals surface area contributed by atoms with E-state index in [2.05, 4.69) is 25.3 Å². The van der Waals surface area contributed by atoms with Crippen LogP contribution in [0.1, 0.15) is 38.5 Å². The van der Waals surface area contributed by atoms with Crippen molar-refractivity contribution >= 4 is 31.2 Å². The van der Waals surface area contributed by atoms with Crippen LogP contribution in [0.15, 0.2) is 0 Å². The SMILES string of the molecule is O=C(O)C(CCCS)CCCCCS. The Morgan fingerprint density at radius 2 is 1.57 bits per heavy atom. The third-order valence-corrected chi connectivity index (χ3v) is 2.90. The van der Waals surface area contributed by atoms with E-state index in [1.165, 1.54) is 0 Å². The normalized spacial score (nSPS) is 12.7. The molecule has 0 saturated heterocycles. The van der Waals surface area contributed by atoms with Crippen LogP contribution >= 0.6 is 25.3 Å². The highest BCUT2D eigenvalue weighted by Gasteiger charge is 2.15. The molecule has 0 rings (SSSR count). The minimum Gasteiger partial charge on any atom is -0.481 e. The van der Waals surface area contributed by atoms with Gasteiger partial charge in [0, 0.05) is 0 Å². The van der Waals surface area contributed by atoms with E-state index >= 15 is 0 Å². The molecule has 1 N–H and O–H groups in total. The van der Waals surface area contributed by atoms with Crippen molar-refractivity contribution in [2.24, 2.45) is 5.92 Å². The lowest BCUT2D eigenvalue weighted by Gasteiger charge is -2.10. The fourth-order valence-corrected chi connectivity index (χ4v) is 1.81. The molecule has 0 aliphatic carbocycles. The second-order valence-electron chi connectivity index (χ2n) is 3.47. The Hall–Kier alpha value is 0.170. The number of carboxylic acid groups (broad SMARTS) is 1. The predicted molar refractivity (Wildman–Crippen MR) is 66.5 cm³/mol. The Morgan fingerprint density at radius 1 is 1.00 bits per heavy atom. The summed E-state index contributed by atoms with van der Waals surface area (Å²) in [6.45, 7) is 0. The fraction of sp³-hybridized carbons (Fsp3) is 0.900. The summed E-state index contributed by atoms with van der Waals surface area (Å²) < 4.78 is 0. The summed E-state index contributed by atoms with van der Waals surface area (Å²) >= 11 is 8.20. The zero-order valence-electron chi connectivity index (χ0n) is 8.48. The molecular formula is C10H20O2S2. The van der Waals surface area contributed by atoms with Crippen molar-refractivity contribution in [1.29, 1.82) is 0 Å². The van der Waals surface area contributed by atoms with Gasteiger partial charge in [0.1, 0.15) is 0 Å². The van der Waals surface area contributed by atoms with E-state index in [0.29, 0.717) is 0 Å². The monoisotopic (exact) mass is 236 g/mol. The summed E-state index contributed by atoms with van der Waals surface area (Å²) in [6, 6.07) is 0. The molecule has 0 saturated carbocycles. The smallest absolute Gasteiger partial charge is 0.306 e. The summed E-state index contributed by atoms with van der Waals surface area (Å²) in [5, 5.41) is 8.92. The van der Waals surface area contributed by atoms with Gasteiger partial charge in [-0.25, -0.2) is 0 Å². The van der Waals surface area contributed by atoms with E-state index in [-0.39, 0.29) is 5.92 Å². The molecule has 0 amide bonds. The van der Waals surface area contributed by atoms with Crippen LogP contribution in [0.4, 0.5) is 0 Å². The molecule has 0 radical (unpaired) electrons. The van der Waals surface area contributed by atoms with Gasteiger partial charge in [-0.15, -0.1) is 0 Å². The maximum absolute atomic E-state index is 10.8. The molecule has 0 bridgehead atoms. The van der Waals surface area contributed by atoms with Crippen LogP contribution < -0.4 is 0 Å². The van der Waals surface area contributed by atoms with E-state index < -0.39 is 5.97 Å². The van der Waals surface area contributed by atoms with Crippen LogP contribution in [0, 0.1) is 5.92 Å². The molecular weight excluding hydrogens is 216 g/mol. The van der Waals surface area contributed by atoms with Gasteiger partial charge >= 0.3 is 5.97 Å². The molecule has 0 aliphatic rings. The van der Waals surface area contributed by atoms with Crippen LogP contribution in [0.5, 0.6) is 0 Å². The van der Waals surface area contributed by atoms with Crippen molar-refractivity contribution < 1.29 is 9.90 Å². The Kier molecular flexibility index (Phi) is 9.83. The first kappa shape index (κ1) is 14.2. The second-order valence-corrected chi connectivity index (χ2v) is 4.37. The van der Waals surface area contributed by atoms with Gasteiger partial charge < -0.3 is 5.11 Å². The predicted octanol–water partition coefficient (Wildman–Crippen LogP) is 2.89. The molecule has 84 valence electrons. The van der Waals surface area contributed by atoms with Crippen LogP contribution in [-0.2, 0) is 4.79 Å². The number of hydrogen-bond donors (Lipinski definition) is 3. The van der Waals surface area contributed by atoms with Crippen molar-refractivity contribution in [3.8, 4) is 0 Å². The van der Waals surface area contributed by atoms with E-state index in [4.69, 9.17) is 5.11 Å². The highest BCUT2D eigenvalue weighted by molar-refractivity contribution is 7.80. The van der Waals surface area contributed by atoms with Gasteiger partial charge in [0.15, 0.2) is 0 Å².